The number of hydrogen-bond acceptors (Lipinski definition) is 26. The number of nitrogens with two attached hydrogens (primary N) is 5. The summed E-state index contributed by atoms with van der Waals surface area (Å²) in [5.41, 5.74) is 20.7. The van der Waals surface area contributed by atoms with E-state index in [4.69, 9.17) is 68.3 Å². The average Bonchev–Trinajstić information content (AvgIpc) is 3.96. The van der Waals surface area contributed by atoms with Gasteiger partial charge in [-0.25, -0.2) is 30.4 Å². The molecule has 2 aromatic rings. The van der Waals surface area contributed by atoms with Crippen LogP contribution in [0.25, 0.3) is 0 Å². The van der Waals surface area contributed by atoms with Crippen molar-refractivity contribution in [2.75, 3.05) is 42.8 Å². The largest absolute Gasteiger partial charge is 0.477 e. The lowest BCUT2D eigenvalue weighted by Crippen LogP contribution is -2.81. The Labute approximate surface area is 416 Å². The van der Waals surface area contributed by atoms with E-state index in [0.717, 1.165) is 54.6 Å². The summed E-state index contributed by atoms with van der Waals surface area (Å²) in [6, 6.07) is -1.01. The molecule has 3 unspecified atom stereocenters. The summed E-state index contributed by atoms with van der Waals surface area (Å²) in [5, 5.41) is 36.0. The maximum atomic E-state index is 13.5. The number of terminal acetylenes is 2. The smallest absolute Gasteiger partial charge is 0.353 e. The second-order valence-electron chi connectivity index (χ2n) is 14.2. The van der Waals surface area contributed by atoms with Crippen molar-refractivity contribution < 1.29 is 58.2 Å². The summed E-state index contributed by atoms with van der Waals surface area (Å²) in [6.45, 7) is 0.526. The lowest BCUT2D eigenvalue weighted by molar-refractivity contribution is -0.153. The fraction of sp³-hybridized carbons (Fsp3) is 0.289. The third-order valence-corrected chi connectivity index (χ3v) is 14.2. The van der Waals surface area contributed by atoms with E-state index in [2.05, 4.69) is 47.7 Å². The molecule has 2 saturated heterocycles. The van der Waals surface area contributed by atoms with Crippen molar-refractivity contribution in [3.05, 3.63) is 56.6 Å². The van der Waals surface area contributed by atoms with Crippen molar-refractivity contribution in [3.8, 4) is 24.7 Å². The minimum atomic E-state index is -1.76. The van der Waals surface area contributed by atoms with Crippen molar-refractivity contribution in [2.45, 2.75) is 35.4 Å². The molecule has 27 nitrogen and oxygen atoms in total. The zero-order valence-electron chi connectivity index (χ0n) is 35.8. The summed E-state index contributed by atoms with van der Waals surface area (Å²) in [7, 11) is 0. The molecule has 14 N–H and O–H groups in total. The number of β-lactam (4-membered cyclic amide) rings is 2. The Kier molecular flexibility index (Phi) is 16.1. The molecule has 366 valence electrons. The number of hydrogen-bond donors (Lipinski definition) is 9. The molecule has 5 aliphatic heterocycles. The van der Waals surface area contributed by atoms with Crippen LogP contribution in [-0.4, -0.2) is 159 Å². The molecule has 5 aliphatic rings. The average molecular weight is 1060 g/mol. The Bertz CT molecular complexity index is 2840. The van der Waals surface area contributed by atoms with E-state index in [0.29, 0.717) is 0 Å². The van der Waals surface area contributed by atoms with Crippen LogP contribution in [0.2, 0.25) is 0 Å². The summed E-state index contributed by atoms with van der Waals surface area (Å²) in [4.78, 5) is 111. The van der Waals surface area contributed by atoms with Gasteiger partial charge in [-0.05, 0) is 6.08 Å². The number of nitrogens with one attached hydrogen (secondary N) is 2. The number of amidine groups is 1. The second-order valence-corrected chi connectivity index (χ2v) is 18.4. The quantitative estimate of drug-likeness (QED) is 0.0120. The number of ether oxygens (including phenoxy) is 1. The molecule has 0 radical (unpaired) electrons. The van der Waals surface area contributed by atoms with Crippen LogP contribution in [-0.2, 0) is 48.0 Å². The molecule has 7 heterocycles. The van der Waals surface area contributed by atoms with Gasteiger partial charge in [0.15, 0.2) is 46.3 Å². The van der Waals surface area contributed by atoms with Crippen LogP contribution in [0, 0.1) is 24.7 Å². The number of nitrogen functional groups attached to an aromatic ring is 2. The first-order chi connectivity index (χ1) is 33.3. The second kappa shape index (κ2) is 21.8. The molecule has 2 aromatic heterocycles. The zero-order valence-corrected chi connectivity index (χ0v) is 39.9. The maximum Gasteiger partial charge on any atom is 0.353 e. The van der Waals surface area contributed by atoms with E-state index in [9.17, 15) is 43.8 Å². The number of rotatable bonds is 16. The predicted octanol–water partition coefficient (Wildman–Crippen LogP) is -2.76. The van der Waals surface area contributed by atoms with Crippen molar-refractivity contribution >= 4 is 133 Å². The number of anilines is 2. The SMILES string of the molecule is C#CCO/N=C(\C(=O)NC1(C=S)C(=O)N2C(C(=O)O)=C(C3=NC(N)=CC(N)N3N)CS[C@H]21)c1csc(N)n1.C#CCO/N=C(\C(=O)NC1C(=O)N2C(C(=O)O)=C(COC(C)=O)CS[C@@H]12)c1csc(N)n1. The minimum absolute atomic E-state index is 0.00117. The molecule has 5 atom stereocenters. The number of carboxylic acids is 2. The number of carboxylic acid groups (broad SMARTS) is 2. The molecule has 70 heavy (non-hydrogen) atoms. The Morgan fingerprint density at radius 1 is 0.943 bits per heavy atom. The number of carbonyl (C=O) groups excluding carboxylic acids is 5. The monoisotopic (exact) mass is 1060 g/mol. The van der Waals surface area contributed by atoms with Gasteiger partial charge >= 0.3 is 17.9 Å². The van der Waals surface area contributed by atoms with Crippen LogP contribution in [0.1, 0.15) is 18.3 Å². The third kappa shape index (κ3) is 10.4. The number of nitrogens with zero attached hydrogens (tertiary/aromatic N) is 8. The van der Waals surface area contributed by atoms with E-state index >= 15 is 0 Å². The molecule has 32 heteroatoms. The van der Waals surface area contributed by atoms with Gasteiger partial charge in [0, 0.05) is 45.7 Å². The molecule has 0 aliphatic carbocycles. The van der Waals surface area contributed by atoms with Gasteiger partial charge in [-0.15, -0.1) is 59.0 Å². The molecule has 0 bridgehead atoms. The first-order valence-electron chi connectivity index (χ1n) is 19.4. The van der Waals surface area contributed by atoms with E-state index < -0.39 is 75.7 Å². The summed E-state index contributed by atoms with van der Waals surface area (Å²) >= 11 is 9.62. The number of thiazole rings is 2. The fourth-order valence-corrected chi connectivity index (χ4v) is 11.0. The standard InChI is InChI=1S/C20H20N10O5S3.C18H17N5O7S2/c1-2-3-35-28-12(9-6-38-19(23)25-9)15(31)27-20(7-36)17(34)29-13(16(32)33)8(5-37-18(20)29)14-26-10(21)4-11(22)30(14)24;1-3-4-30-22-11(10-7-32-18(19)20-10)14(25)21-12-15(26)23-13(17(27)28)9(5-29-8(2)24)6-31-16(12)23/h1,4,6-7,11,18H,3,5,21-22,24H2,(H2,23,25)(H,27,31)(H,32,33);1,7,12,16H,4-6H2,2H3,(H2,19,20)(H,21,25)(H,27,28)/b28-12-;22-11-/t11?,18-,20?;12?,16-/m00/s1. The number of aliphatic imine (C=N–C) groups is 1. The Morgan fingerprint density at radius 2 is 1.53 bits per heavy atom. The van der Waals surface area contributed by atoms with Gasteiger partial charge < -0.3 is 58.2 Å². The summed E-state index contributed by atoms with van der Waals surface area (Å²) in [6.07, 6.45) is 10.8. The number of esters is 1. The van der Waals surface area contributed by atoms with Crippen molar-refractivity contribution in [2.24, 2.45) is 32.6 Å². The van der Waals surface area contributed by atoms with Crippen LogP contribution in [0.15, 0.2) is 60.5 Å². The number of oxime groups is 2. The molecule has 7 rings (SSSR count). The highest BCUT2D eigenvalue weighted by Crippen LogP contribution is 2.46. The number of aromatic nitrogens is 2. The van der Waals surface area contributed by atoms with Gasteiger partial charge in [-0.1, -0.05) is 34.4 Å². The number of aliphatic carboxylic acids is 2. The molecule has 2 fully saturated rings. The van der Waals surface area contributed by atoms with Crippen LogP contribution in [0.4, 0.5) is 10.3 Å². The molecule has 0 spiro atoms. The van der Waals surface area contributed by atoms with Crippen molar-refractivity contribution in [1.82, 2.24) is 35.4 Å². The van der Waals surface area contributed by atoms with Crippen LogP contribution >= 0.6 is 58.4 Å². The van der Waals surface area contributed by atoms with Gasteiger partial charge in [0.05, 0.1) is 0 Å². The van der Waals surface area contributed by atoms with Crippen molar-refractivity contribution in [3.63, 3.8) is 0 Å². The highest BCUT2D eigenvalue weighted by Gasteiger charge is 2.65. The number of carbonyl (C=O) groups is 7. The molecule has 0 aromatic carbocycles. The highest BCUT2D eigenvalue weighted by atomic mass is 32.2. The number of hydrazine groups is 1. The molecular weight excluding hydrogens is 1020 g/mol. The fourth-order valence-electron chi connectivity index (χ4n) is 6.75. The summed E-state index contributed by atoms with van der Waals surface area (Å²) < 4.78 is 4.88. The topological polar surface area (TPSA) is 414 Å². The number of amides is 4. The van der Waals surface area contributed by atoms with Gasteiger partial charge in [-0.3, -0.25) is 38.8 Å². The normalized spacial score (nSPS) is 22.7. The minimum Gasteiger partial charge on any atom is -0.477 e. The number of thiocarbonyl (C=S) groups is 1. The van der Waals surface area contributed by atoms with Crippen molar-refractivity contribution in [1.29, 1.82) is 0 Å². The number of fused-ring (bicyclic) bond motifs is 2. The summed E-state index contributed by atoms with van der Waals surface area (Å²) in [5.74, 6) is 4.27. The van der Waals surface area contributed by atoms with Crippen LogP contribution < -0.4 is 39.4 Å². The Balaban J connectivity index is 0.000000233. The Morgan fingerprint density at radius 3 is 2.04 bits per heavy atom. The van der Waals surface area contributed by atoms with Gasteiger partial charge in [0.2, 0.25) is 0 Å². The van der Waals surface area contributed by atoms with E-state index in [1.807, 2.05) is 0 Å². The molecule has 0 saturated carbocycles. The zero-order chi connectivity index (χ0) is 51.2. The third-order valence-electron chi connectivity index (χ3n) is 9.78. The lowest BCUT2D eigenvalue weighted by atomic mass is 9.87. The molecule has 4 amide bonds. The van der Waals surface area contributed by atoms with Crippen LogP contribution in [0.5, 0.6) is 0 Å². The Hall–Kier alpha value is -7.59. The first-order valence-corrected chi connectivity index (χ1v) is 23.7. The van der Waals surface area contributed by atoms with E-state index in [1.54, 1.807) is 0 Å². The number of thioether (sulfide) groups is 2. The maximum absolute atomic E-state index is 13.5. The van der Waals surface area contributed by atoms with E-state index in [-0.39, 0.29) is 92.9 Å². The van der Waals surface area contributed by atoms with Crippen LogP contribution in [0.3, 0.4) is 0 Å². The van der Waals surface area contributed by atoms with E-state index in [1.165, 1.54) is 35.5 Å². The predicted molar refractivity (Wildman–Crippen MR) is 258 cm³/mol. The molecular formula is C38H37N15O12S5. The van der Waals surface area contributed by atoms with Gasteiger partial charge in [0.25, 0.3) is 23.6 Å². The first kappa shape index (κ1) is 51.8. The lowest BCUT2D eigenvalue weighted by Gasteiger charge is -2.55. The highest BCUT2D eigenvalue weighted by molar-refractivity contribution is 8.00. The van der Waals surface area contributed by atoms with Gasteiger partial charge in [-0.2, -0.15) is 0 Å². The van der Waals surface area contributed by atoms with Gasteiger partial charge in [0.1, 0.15) is 58.2 Å².